The SMILES string of the molecule is O=S(=O)(C1CC1)N1CCn2cc(Cn3cccn3)nc2C1. The Hall–Kier alpha value is -1.67. The van der Waals surface area contributed by atoms with Crippen LogP contribution in [-0.2, 0) is 29.7 Å². The van der Waals surface area contributed by atoms with Crippen LogP contribution in [0.15, 0.2) is 24.7 Å². The summed E-state index contributed by atoms with van der Waals surface area (Å²) in [4.78, 5) is 4.57. The Labute approximate surface area is 123 Å². The van der Waals surface area contributed by atoms with Gasteiger partial charge in [-0.3, -0.25) is 4.68 Å². The second kappa shape index (κ2) is 4.67. The summed E-state index contributed by atoms with van der Waals surface area (Å²) < 4.78 is 30.0. The number of fused-ring (bicyclic) bond motifs is 1. The molecule has 1 aliphatic heterocycles. The first-order valence-corrected chi connectivity index (χ1v) is 8.64. The monoisotopic (exact) mass is 307 g/mol. The Kier molecular flexibility index (Phi) is 2.90. The predicted molar refractivity (Wildman–Crippen MR) is 75.9 cm³/mol. The Morgan fingerprint density at radius 1 is 1.29 bits per heavy atom. The zero-order chi connectivity index (χ0) is 14.4. The maximum absolute atomic E-state index is 12.3. The van der Waals surface area contributed by atoms with Gasteiger partial charge in [0.2, 0.25) is 10.0 Å². The van der Waals surface area contributed by atoms with Crippen molar-refractivity contribution in [2.45, 2.75) is 37.7 Å². The molecule has 1 fully saturated rings. The zero-order valence-electron chi connectivity index (χ0n) is 11.6. The fourth-order valence-corrected chi connectivity index (χ4v) is 4.50. The summed E-state index contributed by atoms with van der Waals surface area (Å²) in [5.74, 6) is 0.827. The van der Waals surface area contributed by atoms with Gasteiger partial charge in [-0.1, -0.05) is 0 Å². The molecule has 0 N–H and O–H groups in total. The first kappa shape index (κ1) is 13.0. The molecule has 0 unspecified atom stereocenters. The van der Waals surface area contributed by atoms with Crippen molar-refractivity contribution in [3.05, 3.63) is 36.2 Å². The summed E-state index contributed by atoms with van der Waals surface area (Å²) in [6.45, 7) is 2.22. The van der Waals surface area contributed by atoms with Crippen LogP contribution < -0.4 is 0 Å². The highest BCUT2D eigenvalue weighted by Gasteiger charge is 2.41. The largest absolute Gasteiger partial charge is 0.332 e. The van der Waals surface area contributed by atoms with Crippen molar-refractivity contribution in [3.63, 3.8) is 0 Å². The number of sulfonamides is 1. The van der Waals surface area contributed by atoms with Gasteiger partial charge in [0.05, 0.1) is 24.0 Å². The van der Waals surface area contributed by atoms with Crippen LogP contribution in [0, 0.1) is 0 Å². The van der Waals surface area contributed by atoms with Crippen LogP contribution in [-0.4, -0.2) is 43.8 Å². The number of rotatable bonds is 4. The van der Waals surface area contributed by atoms with Crippen molar-refractivity contribution in [2.24, 2.45) is 0 Å². The molecule has 21 heavy (non-hydrogen) atoms. The van der Waals surface area contributed by atoms with Crippen LogP contribution in [0.2, 0.25) is 0 Å². The lowest BCUT2D eigenvalue weighted by Crippen LogP contribution is -2.39. The Balaban J connectivity index is 1.54. The van der Waals surface area contributed by atoms with Gasteiger partial charge in [0.25, 0.3) is 0 Å². The van der Waals surface area contributed by atoms with Gasteiger partial charge in [0, 0.05) is 31.7 Å². The summed E-state index contributed by atoms with van der Waals surface area (Å²) in [7, 11) is -3.11. The van der Waals surface area contributed by atoms with E-state index >= 15 is 0 Å². The van der Waals surface area contributed by atoms with Crippen molar-refractivity contribution in [1.29, 1.82) is 0 Å². The molecule has 2 aromatic rings. The summed E-state index contributed by atoms with van der Waals surface area (Å²) in [5, 5.41) is 4.01. The maximum atomic E-state index is 12.3. The number of hydrogen-bond donors (Lipinski definition) is 0. The minimum Gasteiger partial charge on any atom is -0.332 e. The maximum Gasteiger partial charge on any atom is 0.217 e. The van der Waals surface area contributed by atoms with E-state index in [2.05, 4.69) is 14.6 Å². The number of aromatic nitrogens is 4. The molecule has 0 atom stereocenters. The second-order valence-corrected chi connectivity index (χ2v) is 7.84. The van der Waals surface area contributed by atoms with Gasteiger partial charge in [0.1, 0.15) is 5.82 Å². The minimum atomic E-state index is -3.11. The molecule has 1 aliphatic carbocycles. The van der Waals surface area contributed by atoms with Crippen LogP contribution in [0.25, 0.3) is 0 Å². The molecule has 112 valence electrons. The molecule has 1 saturated carbocycles. The lowest BCUT2D eigenvalue weighted by molar-refractivity contribution is 0.335. The molecule has 8 heteroatoms. The van der Waals surface area contributed by atoms with Crippen LogP contribution in [0.4, 0.5) is 0 Å². The molecule has 2 aromatic heterocycles. The molecular weight excluding hydrogens is 290 g/mol. The van der Waals surface area contributed by atoms with Crippen LogP contribution >= 0.6 is 0 Å². The van der Waals surface area contributed by atoms with E-state index in [1.807, 2.05) is 23.1 Å². The number of imidazole rings is 1. The Morgan fingerprint density at radius 3 is 2.86 bits per heavy atom. The second-order valence-electron chi connectivity index (χ2n) is 5.62. The Bertz CT molecular complexity index is 746. The predicted octanol–water partition coefficient (Wildman–Crippen LogP) is 0.436. The molecular formula is C13H17N5O2S. The van der Waals surface area contributed by atoms with Gasteiger partial charge < -0.3 is 4.57 Å². The topological polar surface area (TPSA) is 73.0 Å². The quantitative estimate of drug-likeness (QED) is 0.821. The average molecular weight is 307 g/mol. The zero-order valence-corrected chi connectivity index (χ0v) is 12.4. The van der Waals surface area contributed by atoms with Gasteiger partial charge in [-0.25, -0.2) is 13.4 Å². The first-order chi connectivity index (χ1) is 10.1. The summed E-state index contributed by atoms with van der Waals surface area (Å²) >= 11 is 0. The molecule has 0 spiro atoms. The van der Waals surface area contributed by atoms with Crippen molar-refractivity contribution in [3.8, 4) is 0 Å². The highest BCUT2D eigenvalue weighted by atomic mass is 32.2. The fraction of sp³-hybridized carbons (Fsp3) is 0.538. The summed E-state index contributed by atoms with van der Waals surface area (Å²) in [6.07, 6.45) is 7.23. The highest BCUT2D eigenvalue weighted by molar-refractivity contribution is 7.90. The van der Waals surface area contributed by atoms with Crippen LogP contribution in [0.1, 0.15) is 24.4 Å². The van der Waals surface area contributed by atoms with Crippen molar-refractivity contribution < 1.29 is 8.42 Å². The van der Waals surface area contributed by atoms with Gasteiger partial charge in [-0.2, -0.15) is 9.40 Å². The van der Waals surface area contributed by atoms with E-state index in [1.165, 1.54) is 0 Å². The molecule has 0 amide bonds. The minimum absolute atomic E-state index is 0.150. The van der Waals surface area contributed by atoms with E-state index in [-0.39, 0.29) is 5.25 Å². The number of hydrogen-bond acceptors (Lipinski definition) is 4. The molecule has 0 saturated heterocycles. The van der Waals surface area contributed by atoms with E-state index < -0.39 is 10.0 Å². The third-order valence-corrected chi connectivity index (χ3v) is 6.35. The van der Waals surface area contributed by atoms with E-state index in [4.69, 9.17) is 0 Å². The molecule has 7 nitrogen and oxygen atoms in total. The lowest BCUT2D eigenvalue weighted by atomic mass is 10.4. The molecule has 2 aliphatic rings. The molecule has 0 bridgehead atoms. The van der Waals surface area contributed by atoms with Crippen molar-refractivity contribution >= 4 is 10.0 Å². The van der Waals surface area contributed by atoms with Crippen molar-refractivity contribution in [1.82, 2.24) is 23.6 Å². The normalized spacial score (nSPS) is 19.6. The molecule has 0 aromatic carbocycles. The van der Waals surface area contributed by atoms with E-state index in [9.17, 15) is 8.42 Å². The first-order valence-electron chi connectivity index (χ1n) is 7.14. The van der Waals surface area contributed by atoms with Crippen LogP contribution in [0.3, 0.4) is 0 Å². The fourth-order valence-electron chi connectivity index (χ4n) is 2.72. The van der Waals surface area contributed by atoms with Crippen molar-refractivity contribution in [2.75, 3.05) is 6.54 Å². The van der Waals surface area contributed by atoms with E-state index in [0.29, 0.717) is 26.2 Å². The van der Waals surface area contributed by atoms with E-state index in [1.54, 1.807) is 10.5 Å². The highest BCUT2D eigenvalue weighted by Crippen LogP contribution is 2.32. The Morgan fingerprint density at radius 2 is 2.14 bits per heavy atom. The summed E-state index contributed by atoms with van der Waals surface area (Å²) in [5.41, 5.74) is 0.916. The third kappa shape index (κ3) is 2.38. The standard InChI is InChI=1S/C13H17N5O2S/c19-21(20,12-2-3-12)18-7-6-16-8-11(15-13(16)10-18)9-17-5-1-4-14-17/h1,4-5,8,12H,2-3,6-7,9-10H2. The van der Waals surface area contributed by atoms with Gasteiger partial charge in [0.15, 0.2) is 0 Å². The smallest absolute Gasteiger partial charge is 0.217 e. The third-order valence-electron chi connectivity index (χ3n) is 4.01. The van der Waals surface area contributed by atoms with E-state index in [0.717, 1.165) is 24.4 Å². The van der Waals surface area contributed by atoms with Gasteiger partial charge >= 0.3 is 0 Å². The lowest BCUT2D eigenvalue weighted by Gasteiger charge is -2.26. The molecule has 4 rings (SSSR count). The number of nitrogens with zero attached hydrogens (tertiary/aromatic N) is 5. The van der Waals surface area contributed by atoms with Gasteiger partial charge in [-0.05, 0) is 18.9 Å². The molecule has 3 heterocycles. The van der Waals surface area contributed by atoms with Crippen LogP contribution in [0.5, 0.6) is 0 Å². The van der Waals surface area contributed by atoms with Gasteiger partial charge in [-0.15, -0.1) is 0 Å². The molecule has 0 radical (unpaired) electrons. The average Bonchev–Trinajstić information content (AvgIpc) is 3.07. The summed E-state index contributed by atoms with van der Waals surface area (Å²) in [6, 6.07) is 1.87.